The number of rotatable bonds is 3. The summed E-state index contributed by atoms with van der Waals surface area (Å²) in [4.78, 5) is 20.6. The third-order valence-electron chi connectivity index (χ3n) is 1.30. The van der Waals surface area contributed by atoms with E-state index in [2.05, 4.69) is 4.74 Å². The van der Waals surface area contributed by atoms with Gasteiger partial charge in [0, 0.05) is 0 Å². The minimum atomic E-state index is -0.651. The zero-order valence-electron chi connectivity index (χ0n) is 6.70. The molecule has 0 spiro atoms. The van der Waals surface area contributed by atoms with Crippen molar-refractivity contribution in [1.82, 2.24) is 0 Å². The summed E-state index contributed by atoms with van der Waals surface area (Å²) in [5.41, 5.74) is 0. The van der Waals surface area contributed by atoms with E-state index in [1.54, 1.807) is 0 Å². The standard InChI is InChI=1S/C9H7FO3/c10-7-1-3-8(4-2-7)13-9(12)5-6-11/h1-4,6H,5H2. The van der Waals surface area contributed by atoms with Crippen molar-refractivity contribution in [3.63, 3.8) is 0 Å². The number of esters is 1. The molecule has 1 aromatic carbocycles. The fraction of sp³-hybridized carbons (Fsp3) is 0.111. The van der Waals surface area contributed by atoms with Crippen LogP contribution in [0.2, 0.25) is 0 Å². The molecule has 0 unspecified atom stereocenters. The molecule has 0 aliphatic carbocycles. The van der Waals surface area contributed by atoms with Crippen molar-refractivity contribution in [3.8, 4) is 5.75 Å². The van der Waals surface area contributed by atoms with Crippen LogP contribution >= 0.6 is 0 Å². The third kappa shape index (κ3) is 3.02. The van der Waals surface area contributed by atoms with Gasteiger partial charge in [0.1, 0.15) is 24.3 Å². The van der Waals surface area contributed by atoms with Crippen LogP contribution in [0.3, 0.4) is 0 Å². The van der Waals surface area contributed by atoms with Crippen LogP contribution in [0, 0.1) is 5.82 Å². The van der Waals surface area contributed by atoms with Gasteiger partial charge in [-0.2, -0.15) is 0 Å². The Bertz CT molecular complexity index is 305. The molecule has 0 amide bonds. The number of hydrogen-bond acceptors (Lipinski definition) is 3. The molecule has 0 heterocycles. The Labute approximate surface area is 74.1 Å². The molecule has 68 valence electrons. The predicted molar refractivity (Wildman–Crippen MR) is 42.7 cm³/mol. The molecule has 0 fully saturated rings. The molecule has 0 atom stereocenters. The second-order valence-electron chi connectivity index (χ2n) is 2.30. The maximum absolute atomic E-state index is 12.4. The molecular weight excluding hydrogens is 175 g/mol. The Balaban J connectivity index is 2.59. The maximum Gasteiger partial charge on any atom is 0.318 e. The highest BCUT2D eigenvalue weighted by Gasteiger charge is 2.02. The molecule has 4 heteroatoms. The molecule has 0 saturated heterocycles. The highest BCUT2D eigenvalue weighted by molar-refractivity contribution is 5.85. The largest absolute Gasteiger partial charge is 0.426 e. The van der Waals surface area contributed by atoms with Gasteiger partial charge in [-0.3, -0.25) is 4.79 Å². The summed E-state index contributed by atoms with van der Waals surface area (Å²) >= 11 is 0. The number of carbonyl (C=O) groups is 2. The molecule has 0 bridgehead atoms. The van der Waals surface area contributed by atoms with Gasteiger partial charge in [-0.15, -0.1) is 0 Å². The minimum absolute atomic E-state index is 0.230. The van der Waals surface area contributed by atoms with Gasteiger partial charge in [0.05, 0.1) is 0 Å². The number of benzene rings is 1. The molecule has 1 aromatic rings. The van der Waals surface area contributed by atoms with Gasteiger partial charge in [0.15, 0.2) is 0 Å². The van der Waals surface area contributed by atoms with Crippen LogP contribution in [-0.2, 0) is 9.59 Å². The highest BCUT2D eigenvalue weighted by atomic mass is 19.1. The number of hydrogen-bond donors (Lipinski definition) is 0. The van der Waals surface area contributed by atoms with Crippen molar-refractivity contribution in [3.05, 3.63) is 30.1 Å². The van der Waals surface area contributed by atoms with E-state index in [1.165, 1.54) is 24.3 Å². The molecule has 13 heavy (non-hydrogen) atoms. The van der Waals surface area contributed by atoms with Crippen LogP contribution in [0.4, 0.5) is 4.39 Å². The van der Waals surface area contributed by atoms with Gasteiger partial charge in [-0.05, 0) is 24.3 Å². The second-order valence-corrected chi connectivity index (χ2v) is 2.30. The summed E-state index contributed by atoms with van der Waals surface area (Å²) in [5.74, 6) is -0.829. The molecule has 0 N–H and O–H groups in total. The van der Waals surface area contributed by atoms with Crippen molar-refractivity contribution in [1.29, 1.82) is 0 Å². The molecule has 0 aliphatic rings. The summed E-state index contributed by atoms with van der Waals surface area (Å²) < 4.78 is 17.0. The van der Waals surface area contributed by atoms with Crippen LogP contribution < -0.4 is 4.74 Å². The summed E-state index contributed by atoms with van der Waals surface area (Å²) in [5, 5.41) is 0. The first-order valence-corrected chi connectivity index (χ1v) is 3.62. The number of carbonyl (C=O) groups excluding carboxylic acids is 2. The van der Waals surface area contributed by atoms with E-state index >= 15 is 0 Å². The molecule has 3 nitrogen and oxygen atoms in total. The van der Waals surface area contributed by atoms with Gasteiger partial charge in [0.2, 0.25) is 0 Å². The van der Waals surface area contributed by atoms with E-state index < -0.39 is 11.8 Å². The predicted octanol–water partition coefficient (Wildman–Crippen LogP) is 1.32. The van der Waals surface area contributed by atoms with Gasteiger partial charge in [-0.25, -0.2) is 4.39 Å². The number of ether oxygens (including phenoxy) is 1. The third-order valence-corrected chi connectivity index (χ3v) is 1.30. The number of halogens is 1. The smallest absolute Gasteiger partial charge is 0.318 e. The second kappa shape index (κ2) is 4.35. The first-order chi connectivity index (χ1) is 6.22. The summed E-state index contributed by atoms with van der Waals surface area (Å²) in [6.07, 6.45) is 0.156. The lowest BCUT2D eigenvalue weighted by molar-refractivity contribution is -0.135. The Morgan fingerprint density at radius 1 is 1.38 bits per heavy atom. The van der Waals surface area contributed by atoms with E-state index in [0.717, 1.165) is 0 Å². The molecule has 0 aromatic heterocycles. The van der Waals surface area contributed by atoms with Gasteiger partial charge >= 0.3 is 5.97 Å². The fourth-order valence-corrected chi connectivity index (χ4v) is 0.744. The topological polar surface area (TPSA) is 43.4 Å². The fourth-order valence-electron chi connectivity index (χ4n) is 0.744. The summed E-state index contributed by atoms with van der Waals surface area (Å²) in [6.45, 7) is 0. The van der Waals surface area contributed by atoms with Crippen LogP contribution in [0.5, 0.6) is 5.75 Å². The first-order valence-electron chi connectivity index (χ1n) is 3.62. The molecule has 1 rings (SSSR count). The van der Waals surface area contributed by atoms with Crippen LogP contribution in [0.1, 0.15) is 6.42 Å². The average molecular weight is 182 g/mol. The van der Waals surface area contributed by atoms with Crippen molar-refractivity contribution < 1.29 is 18.7 Å². The van der Waals surface area contributed by atoms with E-state index in [0.29, 0.717) is 6.29 Å². The summed E-state index contributed by atoms with van der Waals surface area (Å²) in [6, 6.07) is 4.98. The minimum Gasteiger partial charge on any atom is -0.426 e. The lowest BCUT2D eigenvalue weighted by Crippen LogP contribution is -2.07. The molecule has 0 aliphatic heterocycles. The number of aldehydes is 1. The lowest BCUT2D eigenvalue weighted by atomic mass is 10.3. The zero-order valence-corrected chi connectivity index (χ0v) is 6.70. The monoisotopic (exact) mass is 182 g/mol. The SMILES string of the molecule is O=CCC(=O)Oc1ccc(F)cc1. The highest BCUT2D eigenvalue weighted by Crippen LogP contribution is 2.11. The van der Waals surface area contributed by atoms with Crippen LogP contribution in [0.25, 0.3) is 0 Å². The Morgan fingerprint density at radius 3 is 2.54 bits per heavy atom. The first kappa shape index (κ1) is 9.38. The average Bonchev–Trinajstić information content (AvgIpc) is 2.09. The van der Waals surface area contributed by atoms with Crippen molar-refractivity contribution in [2.75, 3.05) is 0 Å². The van der Waals surface area contributed by atoms with Crippen molar-refractivity contribution >= 4 is 12.3 Å². The summed E-state index contributed by atoms with van der Waals surface area (Å²) in [7, 11) is 0. The van der Waals surface area contributed by atoms with E-state index in [9.17, 15) is 14.0 Å². The normalized spacial score (nSPS) is 9.31. The van der Waals surface area contributed by atoms with Gasteiger partial charge in [0.25, 0.3) is 0 Å². The van der Waals surface area contributed by atoms with Crippen LogP contribution in [-0.4, -0.2) is 12.3 Å². The molecule has 0 saturated carbocycles. The Kier molecular flexibility index (Phi) is 3.14. The Morgan fingerprint density at radius 2 is 2.00 bits per heavy atom. The Hall–Kier alpha value is -1.71. The lowest BCUT2D eigenvalue weighted by Gasteiger charge is -2.00. The van der Waals surface area contributed by atoms with Gasteiger partial charge < -0.3 is 9.53 Å². The van der Waals surface area contributed by atoms with Gasteiger partial charge in [-0.1, -0.05) is 0 Å². The van der Waals surface area contributed by atoms with Crippen LogP contribution in [0.15, 0.2) is 24.3 Å². The van der Waals surface area contributed by atoms with E-state index in [1.807, 2.05) is 0 Å². The van der Waals surface area contributed by atoms with E-state index in [-0.39, 0.29) is 12.2 Å². The zero-order chi connectivity index (χ0) is 9.68. The van der Waals surface area contributed by atoms with Crippen molar-refractivity contribution in [2.24, 2.45) is 0 Å². The van der Waals surface area contributed by atoms with E-state index in [4.69, 9.17) is 0 Å². The molecular formula is C9H7FO3. The molecule has 0 radical (unpaired) electrons. The quantitative estimate of drug-likeness (QED) is 0.306. The van der Waals surface area contributed by atoms with Crippen molar-refractivity contribution in [2.45, 2.75) is 6.42 Å². The maximum atomic E-state index is 12.4.